The highest BCUT2D eigenvalue weighted by Crippen LogP contribution is 2.44. The van der Waals surface area contributed by atoms with Crippen LogP contribution in [0.5, 0.6) is 5.75 Å². The smallest absolute Gasteiger partial charge is 0.299 e. The van der Waals surface area contributed by atoms with E-state index in [0.717, 1.165) is 16.7 Å². The van der Waals surface area contributed by atoms with E-state index < -0.39 is 10.6 Å². The minimum Gasteiger partial charge on any atom is -0.321 e. The lowest BCUT2D eigenvalue weighted by Crippen LogP contribution is -2.41. The highest BCUT2D eigenvalue weighted by Gasteiger charge is 2.47. The van der Waals surface area contributed by atoms with E-state index in [1.54, 1.807) is 12.1 Å². The van der Waals surface area contributed by atoms with Crippen LogP contribution in [0.2, 0.25) is 5.02 Å². The minimum absolute atomic E-state index is 0.0660. The summed E-state index contributed by atoms with van der Waals surface area (Å²) >= 11 is 6.07. The molecule has 1 aliphatic heterocycles. The van der Waals surface area contributed by atoms with E-state index in [-0.39, 0.29) is 11.7 Å². The lowest BCUT2D eigenvalue weighted by atomic mass is 9.84. The molecule has 0 saturated carbocycles. The Morgan fingerprint density at radius 1 is 1.03 bits per heavy atom. The summed E-state index contributed by atoms with van der Waals surface area (Å²) in [5, 5.41) is 10.3. The Kier molecular flexibility index (Phi) is 4.72. The van der Waals surface area contributed by atoms with Crippen LogP contribution in [0.25, 0.3) is 0 Å². The van der Waals surface area contributed by atoms with Crippen LogP contribution in [0.4, 0.5) is 0 Å². The Hall–Kier alpha value is -3.38. The van der Waals surface area contributed by atoms with Crippen molar-refractivity contribution in [3.8, 4) is 5.75 Å². The van der Waals surface area contributed by atoms with Gasteiger partial charge in [-0.15, -0.1) is 10.1 Å². The van der Waals surface area contributed by atoms with Gasteiger partial charge in [-0.05, 0) is 53.9 Å². The van der Waals surface area contributed by atoms with Crippen LogP contribution in [0, 0.1) is 10.1 Å². The summed E-state index contributed by atoms with van der Waals surface area (Å²) in [4.78, 5) is 30.0. The van der Waals surface area contributed by atoms with E-state index in [4.69, 9.17) is 11.6 Å². The molecule has 146 valence electrons. The summed E-state index contributed by atoms with van der Waals surface area (Å²) in [7, 11) is 0. The second-order valence-corrected chi connectivity index (χ2v) is 7.41. The SMILES string of the molecule is CC1(c2ccc(Cl)cc2)c2ccccc2C(=O)N1Cc1ccc(O[N+](=O)[O-])cc1. The highest BCUT2D eigenvalue weighted by molar-refractivity contribution is 6.30. The molecule has 1 amide bonds. The lowest BCUT2D eigenvalue weighted by Gasteiger charge is -2.37. The van der Waals surface area contributed by atoms with Crippen molar-refractivity contribution >= 4 is 17.5 Å². The Balaban J connectivity index is 1.74. The number of hydrogen-bond donors (Lipinski definition) is 0. The fourth-order valence-electron chi connectivity index (χ4n) is 3.83. The van der Waals surface area contributed by atoms with Gasteiger partial charge in [0, 0.05) is 17.1 Å². The first-order valence-electron chi connectivity index (χ1n) is 8.98. The molecule has 0 saturated heterocycles. The predicted octanol–water partition coefficient (Wildman–Crippen LogP) is 4.83. The summed E-state index contributed by atoms with van der Waals surface area (Å²) in [5.74, 6) is 0.0684. The average molecular weight is 409 g/mol. The number of halogens is 1. The van der Waals surface area contributed by atoms with Gasteiger partial charge in [-0.3, -0.25) is 9.63 Å². The largest absolute Gasteiger partial charge is 0.321 e. The molecule has 3 aromatic rings. The van der Waals surface area contributed by atoms with E-state index in [2.05, 4.69) is 4.84 Å². The van der Waals surface area contributed by atoms with Gasteiger partial charge in [-0.1, -0.05) is 54.1 Å². The van der Waals surface area contributed by atoms with Crippen molar-refractivity contribution in [2.24, 2.45) is 0 Å². The fraction of sp³-hybridized carbons (Fsp3) is 0.136. The highest BCUT2D eigenvalue weighted by atomic mass is 35.5. The summed E-state index contributed by atoms with van der Waals surface area (Å²) < 4.78 is 0. The summed E-state index contributed by atoms with van der Waals surface area (Å²) in [6, 6.07) is 21.5. The second kappa shape index (κ2) is 7.22. The molecule has 0 aromatic heterocycles. The van der Waals surface area contributed by atoms with Crippen LogP contribution < -0.4 is 4.84 Å². The number of carbonyl (C=O) groups is 1. The van der Waals surface area contributed by atoms with Crippen LogP contribution in [-0.4, -0.2) is 15.9 Å². The first-order valence-corrected chi connectivity index (χ1v) is 9.36. The molecule has 0 spiro atoms. The zero-order valence-electron chi connectivity index (χ0n) is 15.5. The number of fused-ring (bicyclic) bond motifs is 1. The van der Waals surface area contributed by atoms with Crippen molar-refractivity contribution in [2.45, 2.75) is 19.0 Å². The van der Waals surface area contributed by atoms with Gasteiger partial charge >= 0.3 is 0 Å². The number of nitrogens with zero attached hydrogens (tertiary/aromatic N) is 2. The predicted molar refractivity (Wildman–Crippen MR) is 108 cm³/mol. The van der Waals surface area contributed by atoms with Gasteiger partial charge in [0.15, 0.2) is 0 Å². The van der Waals surface area contributed by atoms with Crippen LogP contribution in [-0.2, 0) is 12.1 Å². The average Bonchev–Trinajstić information content (AvgIpc) is 2.92. The number of rotatable bonds is 5. The summed E-state index contributed by atoms with van der Waals surface area (Å²) in [5.41, 5.74) is 2.71. The monoisotopic (exact) mass is 408 g/mol. The van der Waals surface area contributed by atoms with Crippen LogP contribution >= 0.6 is 11.6 Å². The van der Waals surface area contributed by atoms with Crippen molar-refractivity contribution in [3.05, 3.63) is 110 Å². The van der Waals surface area contributed by atoms with E-state index in [1.165, 1.54) is 12.1 Å². The molecule has 0 radical (unpaired) electrons. The molecular formula is C22H17ClN2O4. The number of benzene rings is 3. The Bertz CT molecular complexity index is 1080. The van der Waals surface area contributed by atoms with Gasteiger partial charge in [0.25, 0.3) is 11.0 Å². The first kappa shape index (κ1) is 19.0. The molecule has 1 unspecified atom stereocenters. The standard InChI is InChI=1S/C22H17ClN2O4/c1-22(16-8-10-17(23)11-9-16)20-5-3-2-4-19(20)21(26)24(22)14-15-6-12-18(13-7-15)29-25(27)28/h2-13H,14H2,1H3. The Morgan fingerprint density at radius 3 is 2.34 bits per heavy atom. The molecule has 6 nitrogen and oxygen atoms in total. The van der Waals surface area contributed by atoms with Crippen molar-refractivity contribution < 1.29 is 14.7 Å². The van der Waals surface area contributed by atoms with E-state index >= 15 is 0 Å². The number of amides is 1. The minimum atomic E-state index is -0.854. The van der Waals surface area contributed by atoms with E-state index in [0.29, 0.717) is 17.1 Å². The van der Waals surface area contributed by atoms with Gasteiger partial charge in [-0.25, -0.2) is 0 Å². The zero-order valence-corrected chi connectivity index (χ0v) is 16.3. The second-order valence-electron chi connectivity index (χ2n) is 6.97. The summed E-state index contributed by atoms with van der Waals surface area (Å²) in [6.45, 7) is 2.36. The Labute approximate surface area is 172 Å². The van der Waals surface area contributed by atoms with Crippen molar-refractivity contribution in [1.82, 2.24) is 4.90 Å². The molecule has 0 N–H and O–H groups in total. The molecule has 1 atom stereocenters. The normalized spacial score (nSPS) is 17.9. The maximum Gasteiger partial charge on any atom is 0.299 e. The van der Waals surface area contributed by atoms with Crippen LogP contribution in [0.15, 0.2) is 72.8 Å². The molecule has 4 rings (SSSR count). The third kappa shape index (κ3) is 3.32. The third-order valence-electron chi connectivity index (χ3n) is 5.32. The maximum absolute atomic E-state index is 13.3. The molecule has 1 aliphatic rings. The van der Waals surface area contributed by atoms with Crippen molar-refractivity contribution in [3.63, 3.8) is 0 Å². The molecule has 0 fully saturated rings. The fourth-order valence-corrected chi connectivity index (χ4v) is 3.95. The molecular weight excluding hydrogens is 392 g/mol. The molecule has 1 heterocycles. The molecule has 0 aliphatic carbocycles. The van der Waals surface area contributed by atoms with E-state index in [9.17, 15) is 14.9 Å². The number of carbonyl (C=O) groups excluding carboxylic acids is 1. The van der Waals surface area contributed by atoms with Gasteiger partial charge in [0.05, 0.1) is 5.54 Å². The topological polar surface area (TPSA) is 72.7 Å². The van der Waals surface area contributed by atoms with Crippen LogP contribution in [0.1, 0.15) is 34.0 Å². The van der Waals surface area contributed by atoms with Crippen molar-refractivity contribution in [2.75, 3.05) is 0 Å². The van der Waals surface area contributed by atoms with Gasteiger partial charge < -0.3 is 4.90 Å². The quantitative estimate of drug-likeness (QED) is 0.447. The molecule has 7 heteroatoms. The Morgan fingerprint density at radius 2 is 1.69 bits per heavy atom. The van der Waals surface area contributed by atoms with Crippen LogP contribution in [0.3, 0.4) is 0 Å². The van der Waals surface area contributed by atoms with Gasteiger partial charge in [-0.2, -0.15) is 0 Å². The third-order valence-corrected chi connectivity index (χ3v) is 5.57. The first-order chi connectivity index (χ1) is 13.9. The molecule has 0 bridgehead atoms. The molecule has 29 heavy (non-hydrogen) atoms. The van der Waals surface area contributed by atoms with E-state index in [1.807, 2.05) is 60.4 Å². The van der Waals surface area contributed by atoms with Gasteiger partial charge in [0.1, 0.15) is 5.75 Å². The number of hydrogen-bond acceptors (Lipinski definition) is 4. The van der Waals surface area contributed by atoms with Crippen molar-refractivity contribution in [1.29, 1.82) is 0 Å². The zero-order chi connectivity index (χ0) is 20.6. The maximum atomic E-state index is 13.3. The van der Waals surface area contributed by atoms with Gasteiger partial charge in [0.2, 0.25) is 0 Å². The lowest BCUT2D eigenvalue weighted by molar-refractivity contribution is -0.711. The molecule has 3 aromatic carbocycles. The summed E-state index contributed by atoms with van der Waals surface area (Å²) in [6.07, 6.45) is 0.